The van der Waals surface area contributed by atoms with Crippen LogP contribution >= 0.6 is 11.8 Å². The zero-order valence-corrected chi connectivity index (χ0v) is 14.3. The standard InChI is InChI=1S/C16H27N3OS/c1-13(14-5-7-15(20-3)8-6-14)9-10-18-16(17-2)19-11-12-21-4/h5-8,13H,9-12H2,1-4H3,(H2,17,18,19). The fourth-order valence-electron chi connectivity index (χ4n) is 2.00. The molecule has 0 aliphatic carbocycles. The smallest absolute Gasteiger partial charge is 0.191 e. The summed E-state index contributed by atoms with van der Waals surface area (Å²) in [5, 5.41) is 6.66. The van der Waals surface area contributed by atoms with Gasteiger partial charge < -0.3 is 15.4 Å². The van der Waals surface area contributed by atoms with Gasteiger partial charge in [-0.2, -0.15) is 11.8 Å². The second-order valence-corrected chi connectivity index (χ2v) is 5.87. The highest BCUT2D eigenvalue weighted by atomic mass is 32.2. The normalized spacial score (nSPS) is 12.9. The molecular weight excluding hydrogens is 282 g/mol. The van der Waals surface area contributed by atoms with Gasteiger partial charge in [0, 0.05) is 25.9 Å². The van der Waals surface area contributed by atoms with E-state index in [0.29, 0.717) is 5.92 Å². The Morgan fingerprint density at radius 2 is 1.90 bits per heavy atom. The molecule has 0 spiro atoms. The van der Waals surface area contributed by atoms with Crippen molar-refractivity contribution in [1.29, 1.82) is 0 Å². The van der Waals surface area contributed by atoms with Gasteiger partial charge in [-0.25, -0.2) is 0 Å². The van der Waals surface area contributed by atoms with E-state index in [2.05, 4.69) is 40.9 Å². The summed E-state index contributed by atoms with van der Waals surface area (Å²) >= 11 is 1.83. The van der Waals surface area contributed by atoms with Crippen LogP contribution in [0.3, 0.4) is 0 Å². The maximum atomic E-state index is 5.18. The Morgan fingerprint density at radius 3 is 2.48 bits per heavy atom. The van der Waals surface area contributed by atoms with Gasteiger partial charge in [0.1, 0.15) is 5.75 Å². The molecule has 0 heterocycles. The SMILES string of the molecule is CN=C(NCCSC)NCCC(C)c1ccc(OC)cc1. The average Bonchev–Trinajstić information content (AvgIpc) is 2.53. The summed E-state index contributed by atoms with van der Waals surface area (Å²) in [7, 11) is 3.50. The Kier molecular flexibility index (Phi) is 8.74. The monoisotopic (exact) mass is 309 g/mol. The lowest BCUT2D eigenvalue weighted by atomic mass is 9.98. The highest BCUT2D eigenvalue weighted by molar-refractivity contribution is 7.98. The van der Waals surface area contributed by atoms with E-state index in [0.717, 1.165) is 37.0 Å². The largest absolute Gasteiger partial charge is 0.497 e. The molecule has 5 heteroatoms. The summed E-state index contributed by atoms with van der Waals surface area (Å²) in [5.41, 5.74) is 1.34. The first-order valence-electron chi connectivity index (χ1n) is 7.28. The Balaban J connectivity index is 2.32. The van der Waals surface area contributed by atoms with E-state index in [-0.39, 0.29) is 0 Å². The van der Waals surface area contributed by atoms with E-state index in [9.17, 15) is 0 Å². The van der Waals surface area contributed by atoms with E-state index in [1.165, 1.54) is 5.56 Å². The van der Waals surface area contributed by atoms with Crippen LogP contribution in [0.15, 0.2) is 29.3 Å². The van der Waals surface area contributed by atoms with Crippen LogP contribution in [0.1, 0.15) is 24.8 Å². The summed E-state index contributed by atoms with van der Waals surface area (Å²) < 4.78 is 5.18. The number of thioether (sulfide) groups is 1. The summed E-state index contributed by atoms with van der Waals surface area (Å²) in [6.07, 6.45) is 3.17. The minimum atomic E-state index is 0.507. The third kappa shape index (κ3) is 6.76. The molecule has 118 valence electrons. The number of ether oxygens (including phenoxy) is 1. The second-order valence-electron chi connectivity index (χ2n) is 4.88. The highest BCUT2D eigenvalue weighted by Gasteiger charge is 2.06. The van der Waals surface area contributed by atoms with Crippen LogP contribution in [0, 0.1) is 0 Å². The first kappa shape index (κ1) is 17.7. The molecule has 0 aliphatic rings. The van der Waals surface area contributed by atoms with E-state index in [4.69, 9.17) is 4.74 Å². The molecule has 0 saturated carbocycles. The average molecular weight is 309 g/mol. The molecular formula is C16H27N3OS. The maximum Gasteiger partial charge on any atom is 0.191 e. The number of methoxy groups -OCH3 is 1. The number of rotatable bonds is 8. The number of nitrogens with zero attached hydrogens (tertiary/aromatic N) is 1. The molecule has 1 rings (SSSR count). The van der Waals surface area contributed by atoms with Crippen molar-refractivity contribution in [2.24, 2.45) is 4.99 Å². The lowest BCUT2D eigenvalue weighted by molar-refractivity contribution is 0.414. The molecule has 1 aromatic rings. The highest BCUT2D eigenvalue weighted by Crippen LogP contribution is 2.21. The molecule has 1 atom stereocenters. The Labute approximate surface area is 132 Å². The molecule has 0 aromatic heterocycles. The molecule has 1 aromatic carbocycles. The third-order valence-electron chi connectivity index (χ3n) is 3.38. The van der Waals surface area contributed by atoms with Gasteiger partial charge in [0.05, 0.1) is 7.11 Å². The van der Waals surface area contributed by atoms with Gasteiger partial charge in [0.15, 0.2) is 5.96 Å². The molecule has 0 radical (unpaired) electrons. The predicted molar refractivity (Wildman–Crippen MR) is 93.8 cm³/mol. The van der Waals surface area contributed by atoms with Gasteiger partial charge in [-0.3, -0.25) is 4.99 Å². The fourth-order valence-corrected chi connectivity index (χ4v) is 2.30. The van der Waals surface area contributed by atoms with Crippen molar-refractivity contribution in [3.05, 3.63) is 29.8 Å². The van der Waals surface area contributed by atoms with Gasteiger partial charge in [0.25, 0.3) is 0 Å². The van der Waals surface area contributed by atoms with Crippen LogP contribution in [0.5, 0.6) is 5.75 Å². The minimum absolute atomic E-state index is 0.507. The van der Waals surface area contributed by atoms with Gasteiger partial charge >= 0.3 is 0 Å². The summed E-state index contributed by atoms with van der Waals surface area (Å²) in [4.78, 5) is 4.22. The molecule has 4 nitrogen and oxygen atoms in total. The summed E-state index contributed by atoms with van der Waals surface area (Å²) in [6.45, 7) is 4.09. The maximum absolute atomic E-state index is 5.18. The molecule has 0 aliphatic heterocycles. The van der Waals surface area contributed by atoms with Crippen molar-refractivity contribution in [2.45, 2.75) is 19.3 Å². The van der Waals surface area contributed by atoms with Crippen molar-refractivity contribution in [2.75, 3.05) is 39.3 Å². The van der Waals surface area contributed by atoms with Crippen molar-refractivity contribution >= 4 is 17.7 Å². The summed E-state index contributed by atoms with van der Waals surface area (Å²) in [5.74, 6) is 3.38. The van der Waals surface area contributed by atoms with Crippen molar-refractivity contribution < 1.29 is 4.74 Å². The lowest BCUT2D eigenvalue weighted by Crippen LogP contribution is -2.39. The number of guanidine groups is 1. The Bertz CT molecular complexity index is 420. The second kappa shape index (κ2) is 10.4. The number of hydrogen-bond acceptors (Lipinski definition) is 3. The van der Waals surface area contributed by atoms with Crippen LogP contribution in [-0.2, 0) is 0 Å². The third-order valence-corrected chi connectivity index (χ3v) is 3.99. The number of benzene rings is 1. The van der Waals surface area contributed by atoms with Crippen LogP contribution in [-0.4, -0.2) is 45.2 Å². The van der Waals surface area contributed by atoms with E-state index in [1.807, 2.05) is 23.9 Å². The van der Waals surface area contributed by atoms with Crippen molar-refractivity contribution in [3.63, 3.8) is 0 Å². The molecule has 2 N–H and O–H groups in total. The van der Waals surface area contributed by atoms with Gasteiger partial charge in [-0.15, -0.1) is 0 Å². The number of aliphatic imine (C=N–C) groups is 1. The topological polar surface area (TPSA) is 45.7 Å². The van der Waals surface area contributed by atoms with Crippen LogP contribution < -0.4 is 15.4 Å². The zero-order valence-electron chi connectivity index (χ0n) is 13.5. The van der Waals surface area contributed by atoms with E-state index >= 15 is 0 Å². The Morgan fingerprint density at radius 1 is 1.24 bits per heavy atom. The van der Waals surface area contributed by atoms with Crippen LogP contribution in [0.4, 0.5) is 0 Å². The number of hydrogen-bond donors (Lipinski definition) is 2. The van der Waals surface area contributed by atoms with E-state index < -0.39 is 0 Å². The zero-order chi connectivity index (χ0) is 15.5. The van der Waals surface area contributed by atoms with Gasteiger partial charge in [-0.05, 0) is 36.3 Å². The lowest BCUT2D eigenvalue weighted by Gasteiger charge is -2.15. The Hall–Kier alpha value is -1.36. The molecule has 0 bridgehead atoms. The summed E-state index contributed by atoms with van der Waals surface area (Å²) in [6, 6.07) is 8.30. The molecule has 0 fully saturated rings. The van der Waals surface area contributed by atoms with Crippen LogP contribution in [0.2, 0.25) is 0 Å². The first-order valence-corrected chi connectivity index (χ1v) is 8.68. The molecule has 0 saturated heterocycles. The van der Waals surface area contributed by atoms with Gasteiger partial charge in [-0.1, -0.05) is 19.1 Å². The minimum Gasteiger partial charge on any atom is -0.497 e. The number of nitrogens with one attached hydrogen (secondary N) is 2. The quantitative estimate of drug-likeness (QED) is 0.440. The predicted octanol–water partition coefficient (Wildman–Crippen LogP) is 2.72. The van der Waals surface area contributed by atoms with Crippen molar-refractivity contribution in [1.82, 2.24) is 10.6 Å². The first-order chi connectivity index (χ1) is 10.2. The molecule has 1 unspecified atom stereocenters. The fraction of sp³-hybridized carbons (Fsp3) is 0.562. The molecule has 21 heavy (non-hydrogen) atoms. The van der Waals surface area contributed by atoms with Gasteiger partial charge in [0.2, 0.25) is 0 Å². The van der Waals surface area contributed by atoms with Crippen LogP contribution in [0.25, 0.3) is 0 Å². The van der Waals surface area contributed by atoms with Crippen molar-refractivity contribution in [3.8, 4) is 5.75 Å². The van der Waals surface area contributed by atoms with E-state index in [1.54, 1.807) is 14.2 Å². The molecule has 0 amide bonds.